The van der Waals surface area contributed by atoms with Gasteiger partial charge in [0.15, 0.2) is 6.61 Å². The molecule has 2 aliphatic rings. The zero-order valence-electron chi connectivity index (χ0n) is 14.3. The molecular formula is C15H23N3O5S. The molecule has 0 aliphatic carbocycles. The first kappa shape index (κ1) is 18.6. The van der Waals surface area contributed by atoms with Crippen LogP contribution in [0.25, 0.3) is 0 Å². The molecule has 4 amide bonds. The number of carbonyl (C=O) groups is 4. The Balaban J connectivity index is 1.82. The van der Waals surface area contributed by atoms with Crippen molar-refractivity contribution in [2.75, 3.05) is 12.4 Å². The highest BCUT2D eigenvalue weighted by Gasteiger charge is 2.53. The van der Waals surface area contributed by atoms with Gasteiger partial charge in [0.25, 0.3) is 5.91 Å². The fourth-order valence-corrected chi connectivity index (χ4v) is 4.18. The van der Waals surface area contributed by atoms with Crippen molar-refractivity contribution in [2.24, 2.45) is 0 Å². The molecule has 0 aromatic rings. The minimum Gasteiger partial charge on any atom is -0.454 e. The van der Waals surface area contributed by atoms with Crippen LogP contribution in [0.4, 0.5) is 4.79 Å². The Labute approximate surface area is 145 Å². The molecule has 0 radical (unpaired) electrons. The minimum absolute atomic E-state index is 0.0709. The molecular weight excluding hydrogens is 334 g/mol. The van der Waals surface area contributed by atoms with Crippen molar-refractivity contribution in [3.8, 4) is 0 Å². The number of fused-ring (bicyclic) bond motifs is 1. The SMILES string of the molecule is CC(C)(C)NC(=O)NC(=O)COC(=O)[C@H]1CS[C@]2(C)CCC(=O)N12. The number of carbonyl (C=O) groups excluding carboxylic acids is 4. The highest BCUT2D eigenvalue weighted by molar-refractivity contribution is 8.01. The Hall–Kier alpha value is -1.77. The van der Waals surface area contributed by atoms with Crippen molar-refractivity contribution >= 4 is 35.6 Å². The predicted molar refractivity (Wildman–Crippen MR) is 88.1 cm³/mol. The molecule has 2 saturated heterocycles. The second kappa shape index (κ2) is 6.62. The number of ether oxygens (including phenoxy) is 1. The maximum absolute atomic E-state index is 12.2. The second-order valence-corrected chi connectivity index (χ2v) is 8.63. The summed E-state index contributed by atoms with van der Waals surface area (Å²) >= 11 is 1.55. The minimum atomic E-state index is -0.716. The number of hydrogen-bond donors (Lipinski definition) is 2. The van der Waals surface area contributed by atoms with Crippen molar-refractivity contribution in [2.45, 2.75) is 57.0 Å². The van der Waals surface area contributed by atoms with E-state index >= 15 is 0 Å². The Morgan fingerprint density at radius 3 is 2.67 bits per heavy atom. The molecule has 24 heavy (non-hydrogen) atoms. The molecule has 0 bridgehead atoms. The Morgan fingerprint density at radius 2 is 2.04 bits per heavy atom. The number of thioether (sulfide) groups is 1. The van der Waals surface area contributed by atoms with Gasteiger partial charge >= 0.3 is 12.0 Å². The summed E-state index contributed by atoms with van der Waals surface area (Å²) in [4.78, 5) is 48.6. The van der Waals surface area contributed by atoms with Gasteiger partial charge in [0.2, 0.25) is 5.91 Å². The molecule has 2 rings (SSSR count). The lowest BCUT2D eigenvalue weighted by Crippen LogP contribution is -2.50. The molecule has 0 saturated carbocycles. The molecule has 2 heterocycles. The highest BCUT2D eigenvalue weighted by Crippen LogP contribution is 2.47. The van der Waals surface area contributed by atoms with E-state index in [1.807, 2.05) is 6.92 Å². The summed E-state index contributed by atoms with van der Waals surface area (Å²) in [6.07, 6.45) is 1.12. The third-order valence-corrected chi connectivity index (χ3v) is 5.31. The molecule has 2 atom stereocenters. The molecule has 0 spiro atoms. The van der Waals surface area contributed by atoms with E-state index in [2.05, 4.69) is 10.6 Å². The molecule has 2 N–H and O–H groups in total. The number of amides is 4. The van der Waals surface area contributed by atoms with Crippen LogP contribution in [0.2, 0.25) is 0 Å². The number of imide groups is 1. The maximum Gasteiger partial charge on any atom is 0.330 e. The Bertz CT molecular complexity index is 574. The van der Waals surface area contributed by atoms with Gasteiger partial charge in [-0.2, -0.15) is 0 Å². The van der Waals surface area contributed by atoms with Crippen molar-refractivity contribution in [3.05, 3.63) is 0 Å². The highest BCUT2D eigenvalue weighted by atomic mass is 32.2. The average molecular weight is 357 g/mol. The normalized spacial score (nSPS) is 26.1. The number of urea groups is 1. The summed E-state index contributed by atoms with van der Waals surface area (Å²) in [7, 11) is 0. The second-order valence-electron chi connectivity index (χ2n) is 7.13. The van der Waals surface area contributed by atoms with E-state index in [-0.39, 0.29) is 10.8 Å². The van der Waals surface area contributed by atoms with Gasteiger partial charge in [-0.25, -0.2) is 9.59 Å². The van der Waals surface area contributed by atoms with Crippen LogP contribution in [0.5, 0.6) is 0 Å². The first-order valence-corrected chi connectivity index (χ1v) is 8.75. The lowest BCUT2D eigenvalue weighted by molar-refractivity contribution is -0.156. The number of nitrogens with one attached hydrogen (secondary N) is 2. The average Bonchev–Trinajstić information content (AvgIpc) is 2.91. The smallest absolute Gasteiger partial charge is 0.330 e. The Morgan fingerprint density at radius 1 is 1.38 bits per heavy atom. The number of esters is 1. The van der Waals surface area contributed by atoms with E-state index in [9.17, 15) is 19.2 Å². The molecule has 9 heteroatoms. The Kier molecular flexibility index (Phi) is 5.12. The number of rotatable bonds is 3. The topological polar surface area (TPSA) is 105 Å². The van der Waals surface area contributed by atoms with Gasteiger partial charge in [-0.15, -0.1) is 11.8 Å². The van der Waals surface area contributed by atoms with Gasteiger partial charge in [-0.3, -0.25) is 14.9 Å². The largest absolute Gasteiger partial charge is 0.454 e. The summed E-state index contributed by atoms with van der Waals surface area (Å²) in [5.41, 5.74) is -0.483. The van der Waals surface area contributed by atoms with Crippen molar-refractivity contribution in [1.29, 1.82) is 0 Å². The molecule has 8 nitrogen and oxygen atoms in total. The maximum atomic E-state index is 12.2. The first-order valence-electron chi connectivity index (χ1n) is 7.77. The van der Waals surface area contributed by atoms with Crippen molar-refractivity contribution in [1.82, 2.24) is 15.5 Å². The zero-order valence-corrected chi connectivity index (χ0v) is 15.1. The fourth-order valence-electron chi connectivity index (χ4n) is 2.76. The fraction of sp³-hybridized carbons (Fsp3) is 0.733. The first-order chi connectivity index (χ1) is 11.0. The van der Waals surface area contributed by atoms with Gasteiger partial charge in [-0.05, 0) is 34.1 Å². The van der Waals surface area contributed by atoms with E-state index < -0.39 is 36.1 Å². The van der Waals surface area contributed by atoms with Crippen LogP contribution >= 0.6 is 11.8 Å². The van der Waals surface area contributed by atoms with Gasteiger partial charge in [0.05, 0.1) is 4.87 Å². The van der Waals surface area contributed by atoms with Gasteiger partial charge in [-0.1, -0.05) is 0 Å². The van der Waals surface area contributed by atoms with Crippen molar-refractivity contribution in [3.63, 3.8) is 0 Å². The third-order valence-electron chi connectivity index (χ3n) is 3.80. The van der Waals surface area contributed by atoms with Crippen LogP contribution in [0.3, 0.4) is 0 Å². The van der Waals surface area contributed by atoms with E-state index in [1.165, 1.54) is 0 Å². The standard InChI is InChI=1S/C15H23N3O5S/c1-14(2,3)17-13(22)16-10(19)7-23-12(21)9-8-24-15(4)6-5-11(20)18(9)15/h9H,5-8H2,1-4H3,(H2,16,17,19,22)/t9-,15-/m1/s1. The van der Waals surface area contributed by atoms with Crippen LogP contribution < -0.4 is 10.6 Å². The van der Waals surface area contributed by atoms with E-state index in [0.717, 1.165) is 0 Å². The molecule has 0 unspecified atom stereocenters. The summed E-state index contributed by atoms with van der Waals surface area (Å²) < 4.78 is 4.98. The predicted octanol–water partition coefficient (Wildman–Crippen LogP) is 0.608. The van der Waals surface area contributed by atoms with Crippen LogP contribution in [0, 0.1) is 0 Å². The molecule has 134 valence electrons. The summed E-state index contributed by atoms with van der Waals surface area (Å²) in [6.45, 7) is 6.70. The van der Waals surface area contributed by atoms with Gasteiger partial charge in [0, 0.05) is 17.7 Å². The van der Waals surface area contributed by atoms with E-state index in [0.29, 0.717) is 18.6 Å². The van der Waals surface area contributed by atoms with E-state index in [1.54, 1.807) is 37.4 Å². The van der Waals surface area contributed by atoms with E-state index in [4.69, 9.17) is 4.74 Å². The molecule has 2 fully saturated rings. The molecule has 0 aromatic carbocycles. The third kappa shape index (κ3) is 4.19. The molecule has 2 aliphatic heterocycles. The lowest BCUT2D eigenvalue weighted by Gasteiger charge is -2.29. The summed E-state index contributed by atoms with van der Waals surface area (Å²) in [5, 5.41) is 4.66. The lowest BCUT2D eigenvalue weighted by atomic mass is 10.1. The number of hydrogen-bond acceptors (Lipinski definition) is 6. The summed E-state index contributed by atoms with van der Waals surface area (Å²) in [5.74, 6) is -0.953. The summed E-state index contributed by atoms with van der Waals surface area (Å²) in [6, 6.07) is -1.33. The van der Waals surface area contributed by atoms with Crippen LogP contribution in [-0.2, 0) is 19.1 Å². The quantitative estimate of drug-likeness (QED) is 0.717. The monoisotopic (exact) mass is 357 g/mol. The van der Waals surface area contributed by atoms with Crippen molar-refractivity contribution < 1.29 is 23.9 Å². The van der Waals surface area contributed by atoms with Crippen LogP contribution in [0.15, 0.2) is 0 Å². The van der Waals surface area contributed by atoms with Crippen LogP contribution in [0.1, 0.15) is 40.5 Å². The number of nitrogens with zero attached hydrogens (tertiary/aromatic N) is 1. The van der Waals surface area contributed by atoms with Gasteiger partial charge in [0.1, 0.15) is 6.04 Å². The van der Waals surface area contributed by atoms with Gasteiger partial charge < -0.3 is 15.0 Å². The zero-order chi connectivity index (χ0) is 18.1. The van der Waals surface area contributed by atoms with Crippen LogP contribution in [-0.4, -0.2) is 57.5 Å². The molecule has 0 aromatic heterocycles.